The minimum Gasteiger partial charge on any atom is -0.396 e. The zero-order valence-electron chi connectivity index (χ0n) is 8.08. The summed E-state index contributed by atoms with van der Waals surface area (Å²) in [6.07, 6.45) is 1.09. The number of hydrogen-bond acceptors (Lipinski definition) is 5. The maximum absolute atomic E-state index is 10.6. The Balaban J connectivity index is 2.89. The van der Waals surface area contributed by atoms with E-state index in [9.17, 15) is 15.0 Å². The molecule has 0 aliphatic carbocycles. The van der Waals surface area contributed by atoms with Gasteiger partial charge in [0.2, 0.25) is 0 Å². The number of hydrogen-bond donors (Lipinski definition) is 3. The van der Waals surface area contributed by atoms with Gasteiger partial charge in [-0.2, -0.15) is 0 Å². The van der Waals surface area contributed by atoms with E-state index in [4.69, 9.17) is 5.11 Å². The smallest absolute Gasteiger partial charge is 0.150 e. The SMILES string of the molecule is O=Cc1ccncc1C(O)C(O)CCO. The molecule has 1 heterocycles. The van der Waals surface area contributed by atoms with E-state index in [1.54, 1.807) is 0 Å². The fourth-order valence-corrected chi connectivity index (χ4v) is 1.27. The minimum absolute atomic E-state index is 0.0500. The Bertz CT molecular complexity index is 329. The summed E-state index contributed by atoms with van der Waals surface area (Å²) in [5, 5.41) is 27.7. The molecule has 15 heavy (non-hydrogen) atoms. The summed E-state index contributed by atoms with van der Waals surface area (Å²) in [5.74, 6) is 0. The molecule has 0 saturated heterocycles. The number of aliphatic hydroxyl groups excluding tert-OH is 3. The van der Waals surface area contributed by atoms with Crippen LogP contribution in [0.5, 0.6) is 0 Å². The van der Waals surface area contributed by atoms with Crippen LogP contribution >= 0.6 is 0 Å². The van der Waals surface area contributed by atoms with Crippen LogP contribution in [-0.2, 0) is 0 Å². The van der Waals surface area contributed by atoms with E-state index >= 15 is 0 Å². The molecule has 5 nitrogen and oxygen atoms in total. The molecule has 1 rings (SSSR count). The predicted octanol–water partition coefficient (Wildman–Crippen LogP) is -0.329. The van der Waals surface area contributed by atoms with Gasteiger partial charge in [-0.05, 0) is 12.5 Å². The first-order chi connectivity index (χ1) is 7.20. The van der Waals surface area contributed by atoms with Crippen molar-refractivity contribution in [3.05, 3.63) is 29.6 Å². The number of aliphatic hydroxyl groups is 3. The highest BCUT2D eigenvalue weighted by atomic mass is 16.3. The van der Waals surface area contributed by atoms with Crippen molar-refractivity contribution >= 4 is 6.29 Å². The standard InChI is InChI=1S/C10H13NO4/c12-4-2-9(14)10(15)8-5-11-3-1-7(8)6-13/h1,3,5-6,9-10,12,14-15H,2,4H2. The maximum atomic E-state index is 10.6. The summed E-state index contributed by atoms with van der Waals surface area (Å²) in [5.41, 5.74) is 0.558. The number of carbonyl (C=O) groups excluding carboxylic acids is 1. The monoisotopic (exact) mass is 211 g/mol. The van der Waals surface area contributed by atoms with E-state index in [0.717, 1.165) is 0 Å². The Morgan fingerprint density at radius 3 is 2.80 bits per heavy atom. The molecule has 0 radical (unpaired) electrons. The van der Waals surface area contributed by atoms with Crippen molar-refractivity contribution < 1.29 is 20.1 Å². The molecular formula is C10H13NO4. The summed E-state index contributed by atoms with van der Waals surface area (Å²) in [4.78, 5) is 14.4. The number of aldehydes is 1. The van der Waals surface area contributed by atoms with Gasteiger partial charge in [0, 0.05) is 30.1 Å². The number of aromatic nitrogens is 1. The molecule has 0 spiro atoms. The highest BCUT2D eigenvalue weighted by Gasteiger charge is 2.20. The maximum Gasteiger partial charge on any atom is 0.150 e. The van der Waals surface area contributed by atoms with E-state index < -0.39 is 12.2 Å². The van der Waals surface area contributed by atoms with Crippen LogP contribution in [0, 0.1) is 0 Å². The third kappa shape index (κ3) is 2.82. The van der Waals surface area contributed by atoms with Gasteiger partial charge in [-0.1, -0.05) is 0 Å². The predicted molar refractivity (Wildman–Crippen MR) is 52.3 cm³/mol. The summed E-state index contributed by atoms with van der Waals surface area (Å²) in [6, 6.07) is 1.46. The molecule has 1 aromatic heterocycles. The van der Waals surface area contributed by atoms with Crippen LogP contribution < -0.4 is 0 Å². The molecule has 5 heteroatoms. The Hall–Kier alpha value is -1.30. The Kier molecular flexibility index (Phi) is 4.36. The second-order valence-corrected chi connectivity index (χ2v) is 3.15. The third-order valence-corrected chi connectivity index (χ3v) is 2.12. The highest BCUT2D eigenvalue weighted by molar-refractivity contribution is 5.77. The second-order valence-electron chi connectivity index (χ2n) is 3.15. The van der Waals surface area contributed by atoms with Crippen LogP contribution in [0.3, 0.4) is 0 Å². The molecule has 3 N–H and O–H groups in total. The number of carbonyl (C=O) groups is 1. The van der Waals surface area contributed by atoms with Crippen LogP contribution in [0.25, 0.3) is 0 Å². The molecule has 0 amide bonds. The van der Waals surface area contributed by atoms with Gasteiger partial charge >= 0.3 is 0 Å². The van der Waals surface area contributed by atoms with Gasteiger partial charge in [0.25, 0.3) is 0 Å². The lowest BCUT2D eigenvalue weighted by atomic mass is 10.00. The van der Waals surface area contributed by atoms with Crippen molar-refractivity contribution in [2.45, 2.75) is 18.6 Å². The van der Waals surface area contributed by atoms with E-state index in [0.29, 0.717) is 6.29 Å². The molecule has 0 aliphatic heterocycles. The second kappa shape index (κ2) is 5.55. The normalized spacial score (nSPS) is 14.6. The van der Waals surface area contributed by atoms with E-state index in [-0.39, 0.29) is 24.2 Å². The average molecular weight is 211 g/mol. The molecule has 0 fully saturated rings. The van der Waals surface area contributed by atoms with Crippen molar-refractivity contribution in [1.29, 1.82) is 0 Å². The van der Waals surface area contributed by atoms with Gasteiger partial charge in [-0.3, -0.25) is 9.78 Å². The van der Waals surface area contributed by atoms with Crippen molar-refractivity contribution in [3.63, 3.8) is 0 Å². The van der Waals surface area contributed by atoms with Crippen molar-refractivity contribution in [1.82, 2.24) is 4.98 Å². The number of nitrogens with zero attached hydrogens (tertiary/aromatic N) is 1. The van der Waals surface area contributed by atoms with Crippen molar-refractivity contribution in [2.24, 2.45) is 0 Å². The van der Waals surface area contributed by atoms with Gasteiger partial charge < -0.3 is 15.3 Å². The highest BCUT2D eigenvalue weighted by Crippen LogP contribution is 2.20. The van der Waals surface area contributed by atoms with Gasteiger partial charge in [0.15, 0.2) is 6.29 Å². The fraction of sp³-hybridized carbons (Fsp3) is 0.400. The first-order valence-electron chi connectivity index (χ1n) is 4.56. The largest absolute Gasteiger partial charge is 0.396 e. The van der Waals surface area contributed by atoms with Crippen LogP contribution in [0.15, 0.2) is 18.5 Å². The molecule has 82 valence electrons. The Morgan fingerprint density at radius 2 is 2.20 bits per heavy atom. The first-order valence-corrected chi connectivity index (χ1v) is 4.56. The average Bonchev–Trinajstić information content (AvgIpc) is 2.28. The lowest BCUT2D eigenvalue weighted by molar-refractivity contribution is 0.00377. The van der Waals surface area contributed by atoms with E-state index in [1.165, 1.54) is 18.5 Å². The van der Waals surface area contributed by atoms with E-state index in [2.05, 4.69) is 4.98 Å². The summed E-state index contributed by atoms with van der Waals surface area (Å²) < 4.78 is 0. The summed E-state index contributed by atoms with van der Waals surface area (Å²) in [6.45, 7) is -0.227. The third-order valence-electron chi connectivity index (χ3n) is 2.12. The van der Waals surface area contributed by atoms with Gasteiger partial charge in [0.05, 0.1) is 6.10 Å². The van der Waals surface area contributed by atoms with Crippen LogP contribution in [0.4, 0.5) is 0 Å². The lowest BCUT2D eigenvalue weighted by Crippen LogP contribution is -2.20. The number of rotatable bonds is 5. The first kappa shape index (κ1) is 11.8. The van der Waals surface area contributed by atoms with Crippen LogP contribution in [0.2, 0.25) is 0 Å². The van der Waals surface area contributed by atoms with Gasteiger partial charge in [0.1, 0.15) is 6.10 Å². The molecule has 0 bridgehead atoms. The topological polar surface area (TPSA) is 90.7 Å². The summed E-state index contributed by atoms with van der Waals surface area (Å²) >= 11 is 0. The molecule has 2 atom stereocenters. The molecule has 0 aromatic carbocycles. The van der Waals surface area contributed by atoms with Crippen LogP contribution in [0.1, 0.15) is 28.4 Å². The molecule has 0 aliphatic rings. The van der Waals surface area contributed by atoms with Gasteiger partial charge in [-0.25, -0.2) is 0 Å². The quantitative estimate of drug-likeness (QED) is 0.580. The van der Waals surface area contributed by atoms with Gasteiger partial charge in [-0.15, -0.1) is 0 Å². The minimum atomic E-state index is -1.20. The molecule has 2 unspecified atom stereocenters. The lowest BCUT2D eigenvalue weighted by Gasteiger charge is -2.17. The molecule has 0 saturated carbocycles. The zero-order valence-corrected chi connectivity index (χ0v) is 8.08. The zero-order chi connectivity index (χ0) is 11.3. The van der Waals surface area contributed by atoms with Crippen molar-refractivity contribution in [3.8, 4) is 0 Å². The number of pyridine rings is 1. The molecule has 1 aromatic rings. The van der Waals surface area contributed by atoms with E-state index in [1.807, 2.05) is 0 Å². The fourth-order valence-electron chi connectivity index (χ4n) is 1.27. The van der Waals surface area contributed by atoms with Crippen molar-refractivity contribution in [2.75, 3.05) is 6.61 Å². The Labute approximate surface area is 87.0 Å². The Morgan fingerprint density at radius 1 is 1.47 bits per heavy atom. The van der Waals surface area contributed by atoms with Crippen LogP contribution in [-0.4, -0.2) is 39.3 Å². The molecular weight excluding hydrogens is 198 g/mol. The summed E-state index contributed by atoms with van der Waals surface area (Å²) in [7, 11) is 0.